The molecule has 2 aromatic heterocycles. The van der Waals surface area contributed by atoms with Gasteiger partial charge in [0.15, 0.2) is 0 Å². The lowest BCUT2D eigenvalue weighted by molar-refractivity contribution is 0.0960. The molecule has 6 heteroatoms. The third-order valence-electron chi connectivity index (χ3n) is 8.06. The van der Waals surface area contributed by atoms with E-state index in [2.05, 4.69) is 94.0 Å². The third kappa shape index (κ3) is 4.23. The number of amides is 1. The highest BCUT2D eigenvalue weighted by Crippen LogP contribution is 2.38. The van der Waals surface area contributed by atoms with E-state index in [1.165, 1.54) is 22.0 Å². The zero-order chi connectivity index (χ0) is 27.2. The number of benzene rings is 4. The number of para-hydroxylation sites is 1. The first-order valence-corrected chi connectivity index (χ1v) is 13.6. The number of H-pyrrole nitrogens is 1. The smallest absolute Gasteiger partial charge is 0.252 e. The summed E-state index contributed by atoms with van der Waals surface area (Å²) < 4.78 is 2.30. The molecule has 1 aliphatic rings. The van der Waals surface area contributed by atoms with Crippen LogP contribution in [0.2, 0.25) is 0 Å². The van der Waals surface area contributed by atoms with Gasteiger partial charge in [-0.05, 0) is 65.4 Å². The second-order valence-corrected chi connectivity index (χ2v) is 10.6. The number of phenols is 1. The number of hydrogen-bond acceptors (Lipinski definition) is 3. The van der Waals surface area contributed by atoms with E-state index in [0.29, 0.717) is 12.1 Å². The normalized spacial score (nSPS) is 15.4. The van der Waals surface area contributed by atoms with Crippen LogP contribution in [0.5, 0.6) is 5.75 Å². The summed E-state index contributed by atoms with van der Waals surface area (Å²) >= 11 is 0. The zero-order valence-electron chi connectivity index (χ0n) is 22.2. The summed E-state index contributed by atoms with van der Waals surface area (Å²) in [5.74, 6) is 0.0326. The molecule has 0 spiro atoms. The van der Waals surface area contributed by atoms with Crippen LogP contribution in [0.3, 0.4) is 0 Å². The summed E-state index contributed by atoms with van der Waals surface area (Å²) in [5.41, 5.74) is 8.17. The Morgan fingerprint density at radius 1 is 0.950 bits per heavy atom. The van der Waals surface area contributed by atoms with Crippen LogP contribution in [-0.2, 0) is 13.1 Å². The van der Waals surface area contributed by atoms with Gasteiger partial charge < -0.3 is 25.3 Å². The van der Waals surface area contributed by atoms with Gasteiger partial charge in [0, 0.05) is 58.6 Å². The number of aromatic hydroxyl groups is 1. The summed E-state index contributed by atoms with van der Waals surface area (Å²) in [4.78, 5) is 16.4. The van der Waals surface area contributed by atoms with Crippen molar-refractivity contribution in [2.75, 3.05) is 0 Å². The molecule has 0 saturated carbocycles. The SMILES string of the molecule is CC(NCc1[nH]c2ccccc2c1C1NC(=O)c2ccc(O)cc21)c1ccc2ccn(Cc3ccccc3)c2c1. The van der Waals surface area contributed by atoms with Gasteiger partial charge in [-0.25, -0.2) is 0 Å². The summed E-state index contributed by atoms with van der Waals surface area (Å²) in [5, 5.41) is 19.3. The van der Waals surface area contributed by atoms with Crippen LogP contribution in [0.1, 0.15) is 57.3 Å². The Morgan fingerprint density at radius 2 is 1.77 bits per heavy atom. The van der Waals surface area contributed by atoms with Gasteiger partial charge in [-0.15, -0.1) is 0 Å². The molecule has 0 fully saturated rings. The minimum atomic E-state index is -0.338. The molecular formula is C34H30N4O2. The molecule has 0 radical (unpaired) electrons. The molecule has 7 rings (SSSR count). The van der Waals surface area contributed by atoms with Crippen molar-refractivity contribution in [3.8, 4) is 5.75 Å². The molecule has 3 heterocycles. The minimum absolute atomic E-state index is 0.0956. The maximum absolute atomic E-state index is 12.8. The van der Waals surface area contributed by atoms with Gasteiger partial charge in [0.2, 0.25) is 0 Å². The molecule has 0 saturated heterocycles. The fraction of sp³-hybridized carbons (Fsp3) is 0.147. The largest absolute Gasteiger partial charge is 0.508 e. The summed E-state index contributed by atoms with van der Waals surface area (Å²) in [6, 6.07) is 32.2. The monoisotopic (exact) mass is 526 g/mol. The zero-order valence-corrected chi connectivity index (χ0v) is 22.2. The Labute approximate surface area is 232 Å². The minimum Gasteiger partial charge on any atom is -0.508 e. The maximum Gasteiger partial charge on any atom is 0.252 e. The molecule has 198 valence electrons. The number of carbonyl (C=O) groups is 1. The molecule has 4 aromatic carbocycles. The molecule has 0 bridgehead atoms. The topological polar surface area (TPSA) is 82.1 Å². The lowest BCUT2D eigenvalue weighted by atomic mass is 9.95. The molecule has 1 aliphatic heterocycles. The van der Waals surface area contributed by atoms with Crippen LogP contribution in [0.15, 0.2) is 103 Å². The summed E-state index contributed by atoms with van der Waals surface area (Å²) in [7, 11) is 0. The van der Waals surface area contributed by atoms with Crippen molar-refractivity contribution in [1.82, 2.24) is 20.2 Å². The highest BCUT2D eigenvalue weighted by atomic mass is 16.3. The van der Waals surface area contributed by atoms with Crippen LogP contribution in [0, 0.1) is 0 Å². The molecule has 6 aromatic rings. The molecular weight excluding hydrogens is 496 g/mol. The standard InChI is InChI=1S/C34H30N4O2/c1-21(24-12-11-23-15-16-38(31(23)17-24)20-22-7-3-2-4-8-22)35-19-30-32(27-9-5-6-10-29(27)36-30)33-28-18-25(39)13-14-26(28)34(40)37-33/h2-18,21,33,35-36,39H,19-20H2,1H3,(H,37,40). The summed E-state index contributed by atoms with van der Waals surface area (Å²) in [6.45, 7) is 3.60. The first-order chi connectivity index (χ1) is 19.5. The lowest BCUT2D eigenvalue weighted by Gasteiger charge is -2.18. The molecule has 4 N–H and O–H groups in total. The quantitative estimate of drug-likeness (QED) is 0.190. The predicted octanol–water partition coefficient (Wildman–Crippen LogP) is 6.56. The number of phenolic OH excluding ortho intramolecular Hbond substituents is 1. The van der Waals surface area contributed by atoms with Crippen molar-refractivity contribution in [3.63, 3.8) is 0 Å². The van der Waals surface area contributed by atoms with E-state index in [4.69, 9.17) is 0 Å². The van der Waals surface area contributed by atoms with Crippen LogP contribution < -0.4 is 10.6 Å². The average Bonchev–Trinajstić information content (AvgIpc) is 3.64. The molecule has 2 unspecified atom stereocenters. The highest BCUT2D eigenvalue weighted by Gasteiger charge is 2.33. The number of rotatable bonds is 7. The number of hydrogen-bond donors (Lipinski definition) is 4. The van der Waals surface area contributed by atoms with E-state index in [1.807, 2.05) is 18.2 Å². The molecule has 0 aliphatic carbocycles. The van der Waals surface area contributed by atoms with Crippen molar-refractivity contribution in [1.29, 1.82) is 0 Å². The first-order valence-electron chi connectivity index (χ1n) is 13.6. The Balaban J connectivity index is 1.18. The van der Waals surface area contributed by atoms with Gasteiger partial charge in [-0.3, -0.25) is 4.79 Å². The number of nitrogens with one attached hydrogen (secondary N) is 3. The number of aromatic nitrogens is 2. The Hall–Kier alpha value is -4.81. The van der Waals surface area contributed by atoms with Crippen molar-refractivity contribution in [2.45, 2.75) is 32.1 Å². The number of nitrogens with zero attached hydrogens (tertiary/aromatic N) is 1. The van der Waals surface area contributed by atoms with Gasteiger partial charge in [-0.2, -0.15) is 0 Å². The maximum atomic E-state index is 12.8. The fourth-order valence-electron chi connectivity index (χ4n) is 5.96. The molecule has 1 amide bonds. The van der Waals surface area contributed by atoms with Gasteiger partial charge in [0.25, 0.3) is 5.91 Å². The van der Waals surface area contributed by atoms with E-state index in [9.17, 15) is 9.90 Å². The molecule has 2 atom stereocenters. The van der Waals surface area contributed by atoms with Crippen LogP contribution in [-0.4, -0.2) is 20.6 Å². The summed E-state index contributed by atoms with van der Waals surface area (Å²) in [6.07, 6.45) is 2.15. The number of aromatic amines is 1. The molecule has 40 heavy (non-hydrogen) atoms. The van der Waals surface area contributed by atoms with E-state index < -0.39 is 0 Å². The lowest BCUT2D eigenvalue weighted by Crippen LogP contribution is -2.23. The van der Waals surface area contributed by atoms with Gasteiger partial charge in [0.1, 0.15) is 5.75 Å². The van der Waals surface area contributed by atoms with Gasteiger partial charge in [-0.1, -0.05) is 60.7 Å². The number of carbonyl (C=O) groups excluding carboxylic acids is 1. The fourth-order valence-corrected chi connectivity index (χ4v) is 5.96. The Morgan fingerprint density at radius 3 is 2.65 bits per heavy atom. The van der Waals surface area contributed by atoms with Crippen molar-refractivity contribution < 1.29 is 9.90 Å². The second kappa shape index (κ2) is 9.74. The average molecular weight is 527 g/mol. The van der Waals surface area contributed by atoms with E-state index in [0.717, 1.165) is 34.3 Å². The van der Waals surface area contributed by atoms with Crippen LogP contribution >= 0.6 is 0 Å². The van der Waals surface area contributed by atoms with Gasteiger partial charge in [0.05, 0.1) is 6.04 Å². The van der Waals surface area contributed by atoms with E-state index in [-0.39, 0.29) is 23.7 Å². The Kier molecular flexibility index (Phi) is 5.90. The van der Waals surface area contributed by atoms with Crippen molar-refractivity contribution >= 4 is 27.7 Å². The van der Waals surface area contributed by atoms with Crippen LogP contribution in [0.4, 0.5) is 0 Å². The van der Waals surface area contributed by atoms with E-state index in [1.54, 1.807) is 18.2 Å². The Bertz CT molecular complexity index is 1870. The number of fused-ring (bicyclic) bond motifs is 3. The van der Waals surface area contributed by atoms with Crippen LogP contribution in [0.25, 0.3) is 21.8 Å². The highest BCUT2D eigenvalue weighted by molar-refractivity contribution is 6.01. The molecule has 6 nitrogen and oxygen atoms in total. The van der Waals surface area contributed by atoms with Crippen molar-refractivity contribution in [2.24, 2.45) is 0 Å². The van der Waals surface area contributed by atoms with E-state index >= 15 is 0 Å². The first kappa shape index (κ1) is 24.2. The van der Waals surface area contributed by atoms with Crippen molar-refractivity contribution in [3.05, 3.63) is 137 Å². The van der Waals surface area contributed by atoms with Gasteiger partial charge >= 0.3 is 0 Å². The second-order valence-electron chi connectivity index (χ2n) is 10.6. The third-order valence-corrected chi connectivity index (χ3v) is 8.06. The predicted molar refractivity (Wildman–Crippen MR) is 158 cm³/mol.